The average Bonchev–Trinajstić information content (AvgIpc) is 2.32. The first kappa shape index (κ1) is 14.9. The molecule has 2 heteroatoms. The van der Waals surface area contributed by atoms with E-state index >= 15 is 0 Å². The summed E-state index contributed by atoms with van der Waals surface area (Å²) in [6.07, 6.45) is 6.51. The summed E-state index contributed by atoms with van der Waals surface area (Å²) in [4.78, 5) is 0. The minimum absolute atomic E-state index is 0.668. The van der Waals surface area contributed by atoms with Crippen LogP contribution in [0.4, 0.5) is 0 Å². The van der Waals surface area contributed by atoms with Crippen molar-refractivity contribution < 1.29 is 0 Å². The van der Waals surface area contributed by atoms with Crippen LogP contribution in [-0.4, -0.2) is 12.6 Å². The van der Waals surface area contributed by atoms with Crippen LogP contribution in [0.3, 0.4) is 0 Å². The lowest BCUT2D eigenvalue weighted by Crippen LogP contribution is -2.40. The van der Waals surface area contributed by atoms with Crippen molar-refractivity contribution in [1.82, 2.24) is 5.32 Å². The van der Waals surface area contributed by atoms with Gasteiger partial charge in [0.05, 0.1) is 0 Å². The summed E-state index contributed by atoms with van der Waals surface area (Å²) >= 11 is 6.23. The Morgan fingerprint density at radius 3 is 2.63 bits per heavy atom. The topological polar surface area (TPSA) is 12.0 Å². The maximum atomic E-state index is 6.23. The van der Waals surface area contributed by atoms with Crippen molar-refractivity contribution in [3.05, 3.63) is 34.9 Å². The van der Waals surface area contributed by atoms with E-state index in [9.17, 15) is 0 Å². The monoisotopic (exact) mass is 279 g/mol. The number of rotatable bonds is 7. The molecular weight excluding hydrogens is 254 g/mol. The highest BCUT2D eigenvalue weighted by molar-refractivity contribution is 6.31. The van der Waals surface area contributed by atoms with E-state index in [1.807, 2.05) is 12.1 Å². The molecule has 1 aliphatic rings. The van der Waals surface area contributed by atoms with Gasteiger partial charge in [-0.25, -0.2) is 0 Å². The molecule has 0 aliphatic heterocycles. The van der Waals surface area contributed by atoms with Gasteiger partial charge in [0.15, 0.2) is 0 Å². The zero-order valence-corrected chi connectivity index (χ0v) is 12.9. The minimum atomic E-state index is 0.668. The second-order valence-corrected chi connectivity index (χ2v) is 6.64. The van der Waals surface area contributed by atoms with Gasteiger partial charge in [-0.3, -0.25) is 0 Å². The molecule has 0 aromatic heterocycles. The molecule has 1 aromatic carbocycles. The van der Waals surface area contributed by atoms with E-state index in [1.54, 1.807) is 0 Å². The molecule has 0 unspecified atom stereocenters. The quantitative estimate of drug-likeness (QED) is 0.693. The van der Waals surface area contributed by atoms with Gasteiger partial charge in [0.2, 0.25) is 0 Å². The Morgan fingerprint density at radius 1 is 1.21 bits per heavy atom. The van der Waals surface area contributed by atoms with Crippen molar-refractivity contribution in [2.24, 2.45) is 5.92 Å². The summed E-state index contributed by atoms with van der Waals surface area (Å²) < 4.78 is 0. The van der Waals surface area contributed by atoms with E-state index in [0.717, 1.165) is 10.9 Å². The first-order chi connectivity index (χ1) is 9.16. The third-order valence-electron chi connectivity index (χ3n) is 4.12. The van der Waals surface area contributed by atoms with E-state index in [4.69, 9.17) is 11.6 Å². The third-order valence-corrected chi connectivity index (χ3v) is 4.47. The summed E-state index contributed by atoms with van der Waals surface area (Å²) in [7, 11) is 0. The van der Waals surface area contributed by atoms with Gasteiger partial charge in [-0.15, -0.1) is 0 Å². The van der Waals surface area contributed by atoms with E-state index < -0.39 is 0 Å². The van der Waals surface area contributed by atoms with Crippen LogP contribution >= 0.6 is 11.6 Å². The van der Waals surface area contributed by atoms with Gasteiger partial charge in [-0.2, -0.15) is 0 Å². The van der Waals surface area contributed by atoms with Crippen LogP contribution in [0, 0.1) is 5.92 Å². The van der Waals surface area contributed by atoms with Crippen molar-refractivity contribution in [1.29, 1.82) is 0 Å². The lowest BCUT2D eigenvalue weighted by atomic mass is 9.76. The Hall–Kier alpha value is -0.530. The maximum absolute atomic E-state index is 6.23. The molecule has 0 bridgehead atoms. The van der Waals surface area contributed by atoms with Gasteiger partial charge in [-0.05, 0) is 49.3 Å². The van der Waals surface area contributed by atoms with Crippen LogP contribution in [-0.2, 0) is 0 Å². The van der Waals surface area contributed by atoms with Crippen molar-refractivity contribution in [2.45, 2.75) is 57.9 Å². The number of hydrogen-bond donors (Lipinski definition) is 1. The molecule has 1 aromatic rings. The Labute approximate surface area is 122 Å². The highest BCUT2D eigenvalue weighted by Crippen LogP contribution is 2.39. The van der Waals surface area contributed by atoms with Crippen LogP contribution < -0.4 is 5.32 Å². The van der Waals surface area contributed by atoms with Crippen LogP contribution in [0.1, 0.15) is 57.4 Å². The molecule has 0 atom stereocenters. The predicted octanol–water partition coefficient (Wildman–Crippen LogP) is 5.00. The summed E-state index contributed by atoms with van der Waals surface area (Å²) in [6, 6.07) is 8.98. The van der Waals surface area contributed by atoms with Crippen LogP contribution in [0.2, 0.25) is 5.02 Å². The molecule has 0 radical (unpaired) electrons. The third kappa shape index (κ3) is 4.50. The molecule has 1 N–H and O–H groups in total. The number of unbranched alkanes of at least 4 members (excludes halogenated alkanes) is 1. The van der Waals surface area contributed by atoms with Gasteiger partial charge in [0.1, 0.15) is 0 Å². The molecule has 1 fully saturated rings. The zero-order chi connectivity index (χ0) is 13.7. The molecule has 1 saturated carbocycles. The molecule has 0 amide bonds. The molecule has 0 spiro atoms. The Kier molecular flexibility index (Phi) is 5.72. The molecule has 19 heavy (non-hydrogen) atoms. The second kappa shape index (κ2) is 7.31. The number of benzene rings is 1. The number of nitrogens with one attached hydrogen (secondary N) is 1. The van der Waals surface area contributed by atoms with E-state index in [-0.39, 0.29) is 0 Å². The Balaban J connectivity index is 1.60. The van der Waals surface area contributed by atoms with Gasteiger partial charge < -0.3 is 5.32 Å². The molecule has 0 heterocycles. The molecule has 1 nitrogen and oxygen atoms in total. The maximum Gasteiger partial charge on any atom is 0.0440 e. The minimum Gasteiger partial charge on any atom is -0.314 e. The molecule has 1 aliphatic carbocycles. The van der Waals surface area contributed by atoms with E-state index in [1.165, 1.54) is 44.2 Å². The van der Waals surface area contributed by atoms with Gasteiger partial charge >= 0.3 is 0 Å². The Bertz CT molecular complexity index is 383. The first-order valence-electron chi connectivity index (χ1n) is 7.64. The summed E-state index contributed by atoms with van der Waals surface area (Å²) in [5.74, 6) is 1.51. The molecule has 0 saturated heterocycles. The second-order valence-electron chi connectivity index (χ2n) is 6.23. The predicted molar refractivity (Wildman–Crippen MR) is 83.9 cm³/mol. The van der Waals surface area contributed by atoms with Gasteiger partial charge in [0.25, 0.3) is 0 Å². The highest BCUT2D eigenvalue weighted by Gasteiger charge is 2.30. The fourth-order valence-electron chi connectivity index (χ4n) is 2.83. The lowest BCUT2D eigenvalue weighted by molar-refractivity contribution is 0.289. The van der Waals surface area contributed by atoms with Crippen LogP contribution in [0.5, 0.6) is 0 Å². The van der Waals surface area contributed by atoms with Crippen molar-refractivity contribution >= 4 is 11.6 Å². The first-order valence-corrected chi connectivity index (χ1v) is 8.02. The largest absolute Gasteiger partial charge is 0.314 e. The fourth-order valence-corrected chi connectivity index (χ4v) is 3.12. The van der Waals surface area contributed by atoms with Gasteiger partial charge in [0, 0.05) is 11.1 Å². The summed E-state index contributed by atoms with van der Waals surface area (Å²) in [5.41, 5.74) is 1.34. The molecule has 106 valence electrons. The van der Waals surface area contributed by atoms with Crippen molar-refractivity contribution in [3.8, 4) is 0 Å². The number of halogens is 1. The lowest BCUT2D eigenvalue weighted by Gasteiger charge is -2.37. The molecule has 2 rings (SSSR count). The van der Waals surface area contributed by atoms with Crippen LogP contribution in [0.15, 0.2) is 24.3 Å². The molecular formula is C17H26ClN. The van der Waals surface area contributed by atoms with E-state index in [2.05, 4.69) is 31.3 Å². The van der Waals surface area contributed by atoms with Crippen molar-refractivity contribution in [2.75, 3.05) is 6.54 Å². The van der Waals surface area contributed by atoms with E-state index in [0.29, 0.717) is 12.0 Å². The van der Waals surface area contributed by atoms with Crippen LogP contribution in [0.25, 0.3) is 0 Å². The highest BCUT2D eigenvalue weighted by atomic mass is 35.5. The smallest absolute Gasteiger partial charge is 0.0440 e. The standard InChI is InChI=1S/C17H26ClN/c1-13(2)7-5-6-10-19-15-11-14(12-15)16-8-3-4-9-17(16)18/h3-4,8-9,13-15,19H,5-7,10-12H2,1-2H3. The van der Waals surface area contributed by atoms with Crippen molar-refractivity contribution in [3.63, 3.8) is 0 Å². The summed E-state index contributed by atoms with van der Waals surface area (Å²) in [6.45, 7) is 5.77. The normalized spacial score (nSPS) is 22.5. The average molecular weight is 280 g/mol. The SMILES string of the molecule is CC(C)CCCCNC1CC(c2ccccc2Cl)C1. The zero-order valence-electron chi connectivity index (χ0n) is 12.2. The summed E-state index contributed by atoms with van der Waals surface area (Å²) in [5, 5.41) is 4.60. The number of hydrogen-bond acceptors (Lipinski definition) is 1. The van der Waals surface area contributed by atoms with Gasteiger partial charge in [-0.1, -0.05) is 56.5 Å². The Morgan fingerprint density at radius 2 is 1.95 bits per heavy atom. The fraction of sp³-hybridized carbons (Fsp3) is 0.647.